The van der Waals surface area contributed by atoms with Gasteiger partial charge in [0.05, 0.1) is 0 Å². The smallest absolute Gasteiger partial charge is 0.0481 e. The third-order valence-corrected chi connectivity index (χ3v) is 2.64. The number of fused-ring (bicyclic) bond motifs is 1. The second-order valence-corrected chi connectivity index (χ2v) is 4.25. The van der Waals surface area contributed by atoms with Crippen LogP contribution in [0, 0.1) is 0 Å². The lowest BCUT2D eigenvalue weighted by molar-refractivity contribution is 0.392. The van der Waals surface area contributed by atoms with Crippen LogP contribution in [0.4, 0.5) is 5.69 Å². The molecule has 2 N–H and O–H groups in total. The molecule has 2 aromatic rings. The maximum absolute atomic E-state index is 5.76. The van der Waals surface area contributed by atoms with Gasteiger partial charge in [0.25, 0.3) is 0 Å². The lowest BCUT2D eigenvalue weighted by atomic mass is 10.2. The van der Waals surface area contributed by atoms with E-state index in [1.54, 1.807) is 0 Å². The van der Waals surface area contributed by atoms with Crippen molar-refractivity contribution in [2.75, 3.05) is 19.8 Å². The van der Waals surface area contributed by atoms with E-state index in [1.807, 2.05) is 12.1 Å². The lowest BCUT2D eigenvalue weighted by Crippen LogP contribution is -2.13. The van der Waals surface area contributed by atoms with E-state index in [0.717, 1.165) is 12.2 Å². The molecule has 0 radical (unpaired) electrons. The summed E-state index contributed by atoms with van der Waals surface area (Å²) in [6.45, 7) is 0.949. The number of benzene rings is 1. The van der Waals surface area contributed by atoms with E-state index < -0.39 is 0 Å². The van der Waals surface area contributed by atoms with Gasteiger partial charge in [-0.15, -0.1) is 0 Å². The monoisotopic (exact) mass is 203 g/mol. The van der Waals surface area contributed by atoms with E-state index in [2.05, 4.69) is 42.7 Å². The normalized spacial score (nSPS) is 11.5. The topological polar surface area (TPSA) is 34.2 Å². The Morgan fingerprint density at radius 2 is 2.00 bits per heavy atom. The van der Waals surface area contributed by atoms with E-state index in [1.165, 1.54) is 16.6 Å². The number of hydrogen-bond donors (Lipinski definition) is 1. The predicted octanol–water partition coefficient (Wildman–Crippen LogP) is 1.82. The van der Waals surface area contributed by atoms with Gasteiger partial charge in [0.2, 0.25) is 0 Å². The number of nitrogens with zero attached hydrogens (tertiary/aromatic N) is 2. The molecule has 1 aromatic carbocycles. The SMILES string of the molecule is CN(C)Cc1cc2cc(N)ccc2n1C. The molecule has 0 atom stereocenters. The van der Waals surface area contributed by atoms with Gasteiger partial charge >= 0.3 is 0 Å². The van der Waals surface area contributed by atoms with Crippen molar-refractivity contribution in [1.29, 1.82) is 0 Å². The fourth-order valence-corrected chi connectivity index (χ4v) is 1.90. The average molecular weight is 203 g/mol. The molecule has 15 heavy (non-hydrogen) atoms. The summed E-state index contributed by atoms with van der Waals surface area (Å²) in [6, 6.07) is 8.24. The predicted molar refractivity (Wildman–Crippen MR) is 64.7 cm³/mol. The molecule has 3 nitrogen and oxygen atoms in total. The van der Waals surface area contributed by atoms with Gasteiger partial charge in [0.15, 0.2) is 0 Å². The van der Waals surface area contributed by atoms with Crippen LogP contribution >= 0.6 is 0 Å². The minimum atomic E-state index is 0.824. The second kappa shape index (κ2) is 3.59. The molecule has 2 rings (SSSR count). The van der Waals surface area contributed by atoms with Crippen molar-refractivity contribution in [2.45, 2.75) is 6.54 Å². The molecule has 0 saturated carbocycles. The number of aryl methyl sites for hydroxylation is 1. The van der Waals surface area contributed by atoms with E-state index in [4.69, 9.17) is 5.73 Å². The summed E-state index contributed by atoms with van der Waals surface area (Å²) in [7, 11) is 6.25. The number of aromatic nitrogens is 1. The zero-order chi connectivity index (χ0) is 11.0. The first kappa shape index (κ1) is 10.1. The van der Waals surface area contributed by atoms with Crippen LogP contribution in [0.5, 0.6) is 0 Å². The van der Waals surface area contributed by atoms with Crippen molar-refractivity contribution >= 4 is 16.6 Å². The van der Waals surface area contributed by atoms with Gasteiger partial charge in [0, 0.05) is 35.9 Å². The fourth-order valence-electron chi connectivity index (χ4n) is 1.90. The van der Waals surface area contributed by atoms with Gasteiger partial charge in [-0.05, 0) is 38.4 Å². The standard InChI is InChI=1S/C12H17N3/c1-14(2)8-11-7-9-6-10(13)4-5-12(9)15(11)3/h4-7H,8,13H2,1-3H3. The minimum absolute atomic E-state index is 0.824. The molecule has 3 heteroatoms. The van der Waals surface area contributed by atoms with Crippen LogP contribution in [-0.2, 0) is 13.6 Å². The van der Waals surface area contributed by atoms with Gasteiger partial charge < -0.3 is 15.2 Å². The Kier molecular flexibility index (Phi) is 2.40. The summed E-state index contributed by atoms with van der Waals surface area (Å²) in [5.41, 5.74) is 9.13. The fraction of sp³-hybridized carbons (Fsp3) is 0.333. The highest BCUT2D eigenvalue weighted by atomic mass is 15.1. The Morgan fingerprint density at radius 1 is 1.27 bits per heavy atom. The number of nitrogen functional groups attached to an aromatic ring is 1. The van der Waals surface area contributed by atoms with Crippen LogP contribution in [0.1, 0.15) is 5.69 Å². The van der Waals surface area contributed by atoms with Crippen LogP contribution in [0.15, 0.2) is 24.3 Å². The molecule has 1 heterocycles. The molecule has 0 bridgehead atoms. The molecule has 0 spiro atoms. The molecule has 0 aliphatic rings. The Hall–Kier alpha value is -1.48. The Balaban J connectivity index is 2.54. The maximum Gasteiger partial charge on any atom is 0.0481 e. The van der Waals surface area contributed by atoms with Gasteiger partial charge in [-0.3, -0.25) is 0 Å². The third kappa shape index (κ3) is 1.83. The van der Waals surface area contributed by atoms with Crippen molar-refractivity contribution in [3.05, 3.63) is 30.0 Å². The van der Waals surface area contributed by atoms with E-state index in [0.29, 0.717) is 0 Å². The maximum atomic E-state index is 5.76. The third-order valence-electron chi connectivity index (χ3n) is 2.64. The van der Waals surface area contributed by atoms with Crippen LogP contribution < -0.4 is 5.73 Å². The molecule has 80 valence electrons. The van der Waals surface area contributed by atoms with Gasteiger partial charge in [-0.2, -0.15) is 0 Å². The Labute approximate surface area is 90.1 Å². The summed E-state index contributed by atoms with van der Waals surface area (Å²) in [5, 5.41) is 1.22. The summed E-state index contributed by atoms with van der Waals surface area (Å²) >= 11 is 0. The summed E-state index contributed by atoms with van der Waals surface area (Å²) in [5.74, 6) is 0. The highest BCUT2D eigenvalue weighted by molar-refractivity contribution is 5.84. The van der Waals surface area contributed by atoms with E-state index in [-0.39, 0.29) is 0 Å². The van der Waals surface area contributed by atoms with Crippen molar-refractivity contribution in [2.24, 2.45) is 7.05 Å². The number of rotatable bonds is 2. The molecule has 0 aliphatic carbocycles. The van der Waals surface area contributed by atoms with Gasteiger partial charge in [-0.1, -0.05) is 0 Å². The van der Waals surface area contributed by atoms with Gasteiger partial charge in [0.1, 0.15) is 0 Å². The van der Waals surface area contributed by atoms with Crippen molar-refractivity contribution in [1.82, 2.24) is 9.47 Å². The Bertz CT molecular complexity index is 483. The molecular formula is C12H17N3. The van der Waals surface area contributed by atoms with Crippen molar-refractivity contribution in [3.8, 4) is 0 Å². The molecule has 0 saturated heterocycles. The quantitative estimate of drug-likeness (QED) is 0.755. The van der Waals surface area contributed by atoms with E-state index in [9.17, 15) is 0 Å². The van der Waals surface area contributed by atoms with Crippen LogP contribution in [0.3, 0.4) is 0 Å². The Morgan fingerprint density at radius 3 is 2.67 bits per heavy atom. The first-order valence-corrected chi connectivity index (χ1v) is 5.06. The zero-order valence-electron chi connectivity index (χ0n) is 9.49. The van der Waals surface area contributed by atoms with Crippen molar-refractivity contribution in [3.63, 3.8) is 0 Å². The molecule has 0 fully saturated rings. The summed E-state index contributed by atoms with van der Waals surface area (Å²) < 4.78 is 2.22. The highest BCUT2D eigenvalue weighted by Gasteiger charge is 2.06. The first-order valence-electron chi connectivity index (χ1n) is 5.06. The molecular weight excluding hydrogens is 186 g/mol. The minimum Gasteiger partial charge on any atom is -0.399 e. The first-order chi connectivity index (χ1) is 7.08. The lowest BCUT2D eigenvalue weighted by Gasteiger charge is -2.10. The van der Waals surface area contributed by atoms with Gasteiger partial charge in [-0.25, -0.2) is 0 Å². The van der Waals surface area contributed by atoms with Crippen LogP contribution in [0.25, 0.3) is 10.9 Å². The van der Waals surface area contributed by atoms with Crippen LogP contribution in [0.2, 0.25) is 0 Å². The zero-order valence-corrected chi connectivity index (χ0v) is 9.49. The summed E-state index contributed by atoms with van der Waals surface area (Å²) in [4.78, 5) is 2.16. The number of hydrogen-bond acceptors (Lipinski definition) is 2. The van der Waals surface area contributed by atoms with Crippen molar-refractivity contribution < 1.29 is 0 Å². The molecule has 0 unspecified atom stereocenters. The molecule has 1 aromatic heterocycles. The van der Waals surface area contributed by atoms with E-state index >= 15 is 0 Å². The number of nitrogens with two attached hydrogens (primary N) is 1. The highest BCUT2D eigenvalue weighted by Crippen LogP contribution is 2.21. The summed E-state index contributed by atoms with van der Waals surface area (Å²) in [6.07, 6.45) is 0. The molecule has 0 amide bonds. The largest absolute Gasteiger partial charge is 0.399 e. The number of anilines is 1. The molecule has 0 aliphatic heterocycles. The van der Waals surface area contributed by atoms with Crippen LogP contribution in [-0.4, -0.2) is 23.6 Å². The second-order valence-electron chi connectivity index (χ2n) is 4.25. The average Bonchev–Trinajstić information content (AvgIpc) is 2.42.